The van der Waals surface area contributed by atoms with E-state index in [0.717, 1.165) is 27.6 Å². The Bertz CT molecular complexity index is 1070. The third-order valence-corrected chi connectivity index (χ3v) is 5.40. The highest BCUT2D eigenvalue weighted by Gasteiger charge is 2.16. The summed E-state index contributed by atoms with van der Waals surface area (Å²) in [5, 5.41) is 11.8. The Balaban J connectivity index is 1.48. The van der Waals surface area contributed by atoms with Gasteiger partial charge in [-0.2, -0.15) is 10.1 Å². The van der Waals surface area contributed by atoms with E-state index in [1.807, 2.05) is 12.3 Å². The van der Waals surface area contributed by atoms with Crippen LogP contribution >= 0.6 is 0 Å². The number of anilines is 1. The second kappa shape index (κ2) is 6.16. The van der Waals surface area contributed by atoms with Gasteiger partial charge in [-0.25, -0.2) is 0 Å². The zero-order valence-corrected chi connectivity index (χ0v) is 14.9. The molecule has 4 aromatic rings. The van der Waals surface area contributed by atoms with Crippen LogP contribution in [0.5, 0.6) is 0 Å². The number of aryl methyl sites for hydroxylation is 1. The van der Waals surface area contributed by atoms with Crippen molar-refractivity contribution in [2.24, 2.45) is 0 Å². The summed E-state index contributed by atoms with van der Waals surface area (Å²) in [6.07, 6.45) is 8.19. The Kier molecular flexibility index (Phi) is 3.66. The van der Waals surface area contributed by atoms with Crippen molar-refractivity contribution in [2.75, 3.05) is 5.32 Å². The van der Waals surface area contributed by atoms with Crippen molar-refractivity contribution in [1.29, 1.82) is 0 Å². The van der Waals surface area contributed by atoms with Gasteiger partial charge in [0.15, 0.2) is 5.58 Å². The molecule has 2 heterocycles. The summed E-state index contributed by atoms with van der Waals surface area (Å²) in [5.74, 6) is 0. The summed E-state index contributed by atoms with van der Waals surface area (Å²) >= 11 is 0. The van der Waals surface area contributed by atoms with Crippen LogP contribution in [0.2, 0.25) is 0 Å². The van der Waals surface area contributed by atoms with Crippen LogP contribution in [0.4, 0.5) is 6.01 Å². The molecule has 0 aliphatic heterocycles. The van der Waals surface area contributed by atoms with Gasteiger partial charge in [0.1, 0.15) is 5.52 Å². The van der Waals surface area contributed by atoms with Crippen molar-refractivity contribution in [3.05, 3.63) is 42.1 Å². The van der Waals surface area contributed by atoms with Crippen LogP contribution in [0.3, 0.4) is 0 Å². The molecule has 132 valence electrons. The highest BCUT2D eigenvalue weighted by Crippen LogP contribution is 2.30. The number of fused-ring (bicyclic) bond motifs is 2. The fourth-order valence-corrected chi connectivity index (χ4v) is 3.99. The van der Waals surface area contributed by atoms with Crippen molar-refractivity contribution in [3.63, 3.8) is 0 Å². The van der Waals surface area contributed by atoms with Gasteiger partial charge in [-0.3, -0.25) is 5.10 Å². The van der Waals surface area contributed by atoms with Gasteiger partial charge in [0, 0.05) is 11.4 Å². The summed E-state index contributed by atoms with van der Waals surface area (Å²) in [5.41, 5.74) is 6.31. The lowest BCUT2D eigenvalue weighted by Crippen LogP contribution is -2.22. The minimum absolute atomic E-state index is 0.488. The molecule has 0 atom stereocenters. The van der Waals surface area contributed by atoms with Crippen LogP contribution in [-0.2, 0) is 0 Å². The number of hydrogen-bond acceptors (Lipinski definition) is 4. The van der Waals surface area contributed by atoms with E-state index in [1.165, 1.54) is 43.2 Å². The molecule has 2 aromatic heterocycles. The second-order valence-electron chi connectivity index (χ2n) is 7.31. The SMILES string of the molecule is Cc1cc(-c2ccc3oc(NC4CCCCC4)nc3c2)cc2cn[nH]c12. The summed E-state index contributed by atoms with van der Waals surface area (Å²) < 4.78 is 5.91. The van der Waals surface area contributed by atoms with Gasteiger partial charge in [-0.15, -0.1) is 0 Å². The Morgan fingerprint density at radius 1 is 1.08 bits per heavy atom. The van der Waals surface area contributed by atoms with Gasteiger partial charge in [0.05, 0.1) is 11.7 Å². The number of aromatic nitrogens is 3. The third kappa shape index (κ3) is 2.73. The van der Waals surface area contributed by atoms with E-state index in [2.05, 4.69) is 51.7 Å². The normalized spacial score (nSPS) is 15.7. The number of oxazole rings is 1. The fraction of sp³-hybridized carbons (Fsp3) is 0.333. The molecule has 5 heteroatoms. The molecule has 1 fully saturated rings. The molecule has 2 N–H and O–H groups in total. The smallest absolute Gasteiger partial charge is 0.295 e. The van der Waals surface area contributed by atoms with E-state index in [0.29, 0.717) is 12.1 Å². The summed E-state index contributed by atoms with van der Waals surface area (Å²) in [6.45, 7) is 2.10. The Morgan fingerprint density at radius 2 is 1.96 bits per heavy atom. The Morgan fingerprint density at radius 3 is 2.85 bits per heavy atom. The molecule has 0 bridgehead atoms. The Hall–Kier alpha value is -2.82. The van der Waals surface area contributed by atoms with E-state index < -0.39 is 0 Å². The number of H-pyrrole nitrogens is 1. The van der Waals surface area contributed by atoms with Gasteiger partial charge in [-0.1, -0.05) is 25.3 Å². The van der Waals surface area contributed by atoms with Crippen LogP contribution < -0.4 is 5.32 Å². The van der Waals surface area contributed by atoms with Crippen LogP contribution in [0.15, 0.2) is 40.9 Å². The van der Waals surface area contributed by atoms with E-state index >= 15 is 0 Å². The molecular weight excluding hydrogens is 324 g/mol. The van der Waals surface area contributed by atoms with Crippen LogP contribution in [0.1, 0.15) is 37.7 Å². The highest BCUT2D eigenvalue weighted by molar-refractivity contribution is 5.89. The standard InChI is InChI=1S/C21H22N4O/c1-13-9-15(10-16-12-22-25-20(13)16)14-7-8-19-18(11-14)24-21(26-19)23-17-5-3-2-4-6-17/h7-12,17H,2-6H2,1H3,(H,22,25)(H,23,24). The summed E-state index contributed by atoms with van der Waals surface area (Å²) in [4.78, 5) is 4.67. The van der Waals surface area contributed by atoms with Crippen LogP contribution in [-0.4, -0.2) is 21.2 Å². The lowest BCUT2D eigenvalue weighted by atomic mass is 9.96. The lowest BCUT2D eigenvalue weighted by Gasteiger charge is -2.21. The van der Waals surface area contributed by atoms with Gasteiger partial charge >= 0.3 is 0 Å². The first kappa shape index (κ1) is 15.4. The van der Waals surface area contributed by atoms with E-state index in [9.17, 15) is 0 Å². The fourth-order valence-electron chi connectivity index (χ4n) is 3.99. The molecule has 0 unspecified atom stereocenters. The number of nitrogens with one attached hydrogen (secondary N) is 2. The zero-order chi connectivity index (χ0) is 17.5. The van der Waals surface area contributed by atoms with Gasteiger partial charge in [-0.05, 0) is 60.7 Å². The van der Waals surface area contributed by atoms with Gasteiger partial charge in [0.25, 0.3) is 6.01 Å². The molecule has 1 saturated carbocycles. The number of nitrogens with zero attached hydrogens (tertiary/aromatic N) is 2. The van der Waals surface area contributed by atoms with E-state index in [-0.39, 0.29) is 0 Å². The molecule has 0 amide bonds. The largest absolute Gasteiger partial charge is 0.424 e. The number of aromatic amines is 1. The number of hydrogen-bond donors (Lipinski definition) is 2. The van der Waals surface area contributed by atoms with Gasteiger partial charge < -0.3 is 9.73 Å². The number of rotatable bonds is 3. The van der Waals surface area contributed by atoms with Crippen molar-refractivity contribution in [1.82, 2.24) is 15.2 Å². The first-order chi connectivity index (χ1) is 12.8. The molecule has 0 saturated heterocycles. The summed E-state index contributed by atoms with van der Waals surface area (Å²) in [7, 11) is 0. The van der Waals surface area contributed by atoms with Crippen molar-refractivity contribution in [3.8, 4) is 11.1 Å². The van der Waals surface area contributed by atoms with Crippen LogP contribution in [0, 0.1) is 6.92 Å². The minimum atomic E-state index is 0.488. The predicted molar refractivity (Wildman–Crippen MR) is 104 cm³/mol. The molecule has 0 spiro atoms. The third-order valence-electron chi connectivity index (χ3n) is 5.40. The minimum Gasteiger partial charge on any atom is -0.424 e. The second-order valence-corrected chi connectivity index (χ2v) is 7.31. The number of benzene rings is 2. The molecule has 26 heavy (non-hydrogen) atoms. The summed E-state index contributed by atoms with van der Waals surface area (Å²) in [6, 6.07) is 11.7. The topological polar surface area (TPSA) is 66.7 Å². The average Bonchev–Trinajstić information content (AvgIpc) is 3.28. The molecule has 1 aliphatic carbocycles. The monoisotopic (exact) mass is 346 g/mol. The maximum Gasteiger partial charge on any atom is 0.295 e. The Labute approximate surface area is 151 Å². The van der Waals surface area contributed by atoms with E-state index in [4.69, 9.17) is 4.42 Å². The molecule has 5 nitrogen and oxygen atoms in total. The van der Waals surface area contributed by atoms with Crippen LogP contribution in [0.25, 0.3) is 33.1 Å². The molecule has 5 rings (SSSR count). The zero-order valence-electron chi connectivity index (χ0n) is 14.9. The molecule has 1 aliphatic rings. The lowest BCUT2D eigenvalue weighted by molar-refractivity contribution is 0.451. The highest BCUT2D eigenvalue weighted by atomic mass is 16.4. The van der Waals surface area contributed by atoms with E-state index in [1.54, 1.807) is 0 Å². The maximum atomic E-state index is 5.91. The predicted octanol–water partition coefficient (Wildman–Crippen LogP) is 5.42. The average molecular weight is 346 g/mol. The van der Waals surface area contributed by atoms with Crippen molar-refractivity contribution < 1.29 is 4.42 Å². The molecular formula is C21H22N4O. The maximum absolute atomic E-state index is 5.91. The van der Waals surface area contributed by atoms with Gasteiger partial charge in [0.2, 0.25) is 0 Å². The first-order valence-electron chi connectivity index (χ1n) is 9.37. The molecule has 2 aromatic carbocycles. The first-order valence-corrected chi connectivity index (χ1v) is 9.37. The quantitative estimate of drug-likeness (QED) is 0.519. The van der Waals surface area contributed by atoms with Crippen molar-refractivity contribution >= 4 is 28.0 Å². The molecule has 0 radical (unpaired) electrons. The van der Waals surface area contributed by atoms with Crippen molar-refractivity contribution in [2.45, 2.75) is 45.1 Å².